The van der Waals surface area contributed by atoms with Crippen LogP contribution in [0.4, 0.5) is 0 Å². The quantitative estimate of drug-likeness (QED) is 0.739. The van der Waals surface area contributed by atoms with Crippen molar-refractivity contribution in [1.29, 1.82) is 0 Å². The van der Waals surface area contributed by atoms with E-state index in [2.05, 4.69) is 29.0 Å². The monoisotopic (exact) mass is 379 g/mol. The van der Waals surface area contributed by atoms with E-state index in [-0.39, 0.29) is 18.0 Å². The number of ether oxygens (including phenoxy) is 1. The number of allylic oxidation sites excluding steroid dienone is 4. The lowest BCUT2D eigenvalue weighted by molar-refractivity contribution is 0.203. The van der Waals surface area contributed by atoms with Crippen LogP contribution in [0.15, 0.2) is 70.7 Å². The Balaban J connectivity index is 1.71. The molecule has 0 radical (unpaired) electrons. The first-order chi connectivity index (χ1) is 13.6. The Morgan fingerprint density at radius 2 is 2.21 bits per heavy atom. The second-order valence-corrected chi connectivity index (χ2v) is 6.55. The predicted octanol–water partition coefficient (Wildman–Crippen LogP) is 3.42. The molecule has 0 bridgehead atoms. The normalized spacial score (nSPS) is 18.0. The van der Waals surface area contributed by atoms with E-state index in [1.165, 1.54) is 6.07 Å². The summed E-state index contributed by atoms with van der Waals surface area (Å²) in [6, 6.07) is 1.50. The van der Waals surface area contributed by atoms with E-state index in [1.54, 1.807) is 23.3 Å². The number of rotatable bonds is 7. The molecule has 0 spiro atoms. The van der Waals surface area contributed by atoms with Crippen LogP contribution in [0.3, 0.4) is 0 Å². The van der Waals surface area contributed by atoms with Gasteiger partial charge in [-0.15, -0.1) is 0 Å². The molecule has 28 heavy (non-hydrogen) atoms. The molecule has 0 saturated heterocycles. The van der Waals surface area contributed by atoms with Crippen molar-refractivity contribution in [3.8, 4) is 5.69 Å². The number of aryl methyl sites for hydroxylation is 1. The summed E-state index contributed by atoms with van der Waals surface area (Å²) in [4.78, 5) is 16.6. The third-order valence-electron chi connectivity index (χ3n) is 4.26. The van der Waals surface area contributed by atoms with Crippen LogP contribution in [0.1, 0.15) is 32.9 Å². The molecular weight excluding hydrogens is 354 g/mol. The van der Waals surface area contributed by atoms with Crippen LogP contribution in [-0.4, -0.2) is 25.3 Å². The highest BCUT2D eigenvalue weighted by molar-refractivity contribution is 5.99. The van der Waals surface area contributed by atoms with Crippen LogP contribution in [0, 0.1) is 5.92 Å². The molecule has 2 aromatic rings. The number of hydrogen-bond donors (Lipinski definition) is 0. The van der Waals surface area contributed by atoms with Gasteiger partial charge in [0.1, 0.15) is 23.7 Å². The molecule has 1 atom stereocenters. The van der Waals surface area contributed by atoms with Gasteiger partial charge in [-0.05, 0) is 31.6 Å². The van der Waals surface area contributed by atoms with Gasteiger partial charge in [-0.2, -0.15) is 10.2 Å². The van der Waals surface area contributed by atoms with Crippen molar-refractivity contribution >= 4 is 5.71 Å². The minimum absolute atomic E-state index is 0.104. The van der Waals surface area contributed by atoms with E-state index in [1.807, 2.05) is 42.1 Å². The molecule has 0 saturated carbocycles. The zero-order valence-electron chi connectivity index (χ0n) is 16.4. The highest BCUT2D eigenvalue weighted by Gasteiger charge is 2.13. The highest BCUT2D eigenvalue weighted by atomic mass is 16.5. The van der Waals surface area contributed by atoms with Gasteiger partial charge in [0, 0.05) is 36.6 Å². The van der Waals surface area contributed by atoms with E-state index in [0.717, 1.165) is 24.4 Å². The van der Waals surface area contributed by atoms with Crippen molar-refractivity contribution in [3.63, 3.8) is 0 Å². The first kappa shape index (κ1) is 19.5. The smallest absolute Gasteiger partial charge is 0.206 e. The molecule has 7 heteroatoms. The molecule has 0 N–H and O–H groups in total. The van der Waals surface area contributed by atoms with Crippen molar-refractivity contribution in [2.24, 2.45) is 10.9 Å². The van der Waals surface area contributed by atoms with Crippen molar-refractivity contribution in [2.75, 3.05) is 0 Å². The molecule has 146 valence electrons. The van der Waals surface area contributed by atoms with E-state index >= 15 is 0 Å². The number of hydrogen-bond acceptors (Lipinski definition) is 5. The molecule has 0 fully saturated rings. The first-order valence-corrected chi connectivity index (χ1v) is 9.44. The Labute approximate surface area is 164 Å². The van der Waals surface area contributed by atoms with Crippen LogP contribution >= 0.6 is 0 Å². The summed E-state index contributed by atoms with van der Waals surface area (Å²) in [5, 5.41) is 8.72. The van der Waals surface area contributed by atoms with Gasteiger partial charge in [-0.3, -0.25) is 14.5 Å². The molecule has 1 aliphatic rings. The molecule has 3 rings (SSSR count). The van der Waals surface area contributed by atoms with Gasteiger partial charge in [0.2, 0.25) is 5.43 Å². The topological polar surface area (TPSA) is 74.3 Å². The molecular formula is C21H25N5O2. The van der Waals surface area contributed by atoms with E-state index in [9.17, 15) is 4.79 Å². The van der Waals surface area contributed by atoms with Crippen molar-refractivity contribution in [1.82, 2.24) is 19.6 Å². The number of aromatic nitrogens is 4. The highest BCUT2D eigenvalue weighted by Crippen LogP contribution is 2.16. The third-order valence-corrected chi connectivity index (χ3v) is 4.26. The Morgan fingerprint density at radius 3 is 2.96 bits per heavy atom. The second-order valence-electron chi connectivity index (χ2n) is 6.55. The van der Waals surface area contributed by atoms with Crippen molar-refractivity contribution < 1.29 is 4.74 Å². The molecule has 1 aliphatic carbocycles. The van der Waals surface area contributed by atoms with Crippen LogP contribution in [0.5, 0.6) is 0 Å². The summed E-state index contributed by atoms with van der Waals surface area (Å²) < 4.78 is 9.32. The lowest BCUT2D eigenvalue weighted by Crippen LogP contribution is -2.17. The maximum atomic E-state index is 12.2. The zero-order chi connectivity index (χ0) is 19.9. The molecule has 7 nitrogen and oxygen atoms in total. The van der Waals surface area contributed by atoms with Gasteiger partial charge < -0.3 is 4.74 Å². The van der Waals surface area contributed by atoms with Crippen LogP contribution < -0.4 is 5.43 Å². The molecule has 2 heterocycles. The molecule has 0 aromatic carbocycles. The Kier molecular flexibility index (Phi) is 6.37. The fourth-order valence-electron chi connectivity index (χ4n) is 2.79. The minimum atomic E-state index is -0.152. The Hall–Kier alpha value is -3.22. The van der Waals surface area contributed by atoms with Gasteiger partial charge >= 0.3 is 0 Å². The van der Waals surface area contributed by atoms with Gasteiger partial charge in [-0.1, -0.05) is 19.9 Å². The minimum Gasteiger partial charge on any atom is -0.487 e. The van der Waals surface area contributed by atoms with E-state index in [0.29, 0.717) is 11.5 Å². The van der Waals surface area contributed by atoms with Gasteiger partial charge in [0.15, 0.2) is 0 Å². The average Bonchev–Trinajstić information content (AvgIpc) is 3.15. The maximum Gasteiger partial charge on any atom is 0.206 e. The Morgan fingerprint density at radius 1 is 1.36 bits per heavy atom. The van der Waals surface area contributed by atoms with Crippen LogP contribution in [0.25, 0.3) is 5.69 Å². The number of nitrogens with zero attached hydrogens (tertiary/aromatic N) is 5. The van der Waals surface area contributed by atoms with Gasteiger partial charge in [0.05, 0.1) is 12.4 Å². The predicted molar refractivity (Wildman–Crippen MR) is 109 cm³/mol. The van der Waals surface area contributed by atoms with E-state index < -0.39 is 0 Å². The average molecular weight is 379 g/mol. The molecule has 1 unspecified atom stereocenters. The third kappa shape index (κ3) is 4.73. The molecule has 0 aliphatic heterocycles. The summed E-state index contributed by atoms with van der Waals surface area (Å²) in [6.07, 6.45) is 15.7. The largest absolute Gasteiger partial charge is 0.487 e. The molecule has 0 amide bonds. The summed E-state index contributed by atoms with van der Waals surface area (Å²) in [6.45, 7) is 7.02. The fourth-order valence-corrected chi connectivity index (χ4v) is 2.79. The fraction of sp³-hybridized carbons (Fsp3) is 0.333. The van der Waals surface area contributed by atoms with Crippen LogP contribution in [-0.2, 0) is 17.9 Å². The lowest BCUT2D eigenvalue weighted by Gasteiger charge is -2.15. The number of aliphatic imine (C=N–C) groups is 1. The summed E-state index contributed by atoms with van der Waals surface area (Å²) in [7, 11) is 0. The Bertz CT molecular complexity index is 994. The van der Waals surface area contributed by atoms with Gasteiger partial charge in [-0.25, -0.2) is 4.68 Å². The zero-order valence-corrected chi connectivity index (χ0v) is 16.4. The summed E-state index contributed by atoms with van der Waals surface area (Å²) in [5.41, 5.74) is 1.97. The second kappa shape index (κ2) is 9.12. The SMILES string of the molecule is C/C=C\N=C1C=CC(OCc2nn(-c3cnn(CCC)c3)ccc2=O)=CC1C. The summed E-state index contributed by atoms with van der Waals surface area (Å²) >= 11 is 0. The molecule has 2 aromatic heterocycles. The van der Waals surface area contributed by atoms with Crippen LogP contribution in [0.2, 0.25) is 0 Å². The maximum absolute atomic E-state index is 12.2. The van der Waals surface area contributed by atoms with Gasteiger partial charge in [0.25, 0.3) is 0 Å². The van der Waals surface area contributed by atoms with Crippen molar-refractivity contribution in [2.45, 2.75) is 40.3 Å². The standard InChI is InChI=1S/C21H25N5O2/c1-4-9-22-19-7-6-18(12-16(19)3)28-15-20-21(27)8-11-26(24-20)17-13-23-25(14-17)10-5-2/h4,6-9,11-14,16H,5,10,15H2,1-3H3/b9-4-,22-19?. The van der Waals surface area contributed by atoms with E-state index in [4.69, 9.17) is 4.74 Å². The first-order valence-electron chi connectivity index (χ1n) is 9.44. The summed E-state index contributed by atoms with van der Waals surface area (Å²) in [5.74, 6) is 0.847. The van der Waals surface area contributed by atoms with Crippen molar-refractivity contribution in [3.05, 3.63) is 76.8 Å². The lowest BCUT2D eigenvalue weighted by atomic mass is 10.00.